The fourth-order valence-corrected chi connectivity index (χ4v) is 2.93. The Morgan fingerprint density at radius 1 is 1.29 bits per heavy atom. The molecular formula is C15H24N2O4. The van der Waals surface area contributed by atoms with E-state index in [0.29, 0.717) is 25.3 Å². The van der Waals surface area contributed by atoms with Gasteiger partial charge in [0.25, 0.3) is 0 Å². The summed E-state index contributed by atoms with van der Waals surface area (Å²) in [5.41, 5.74) is 0. The molecular weight excluding hydrogens is 272 g/mol. The summed E-state index contributed by atoms with van der Waals surface area (Å²) in [5, 5.41) is 9.05. The molecule has 6 heteroatoms. The van der Waals surface area contributed by atoms with Gasteiger partial charge in [-0.1, -0.05) is 6.92 Å². The largest absolute Gasteiger partial charge is 0.481 e. The molecule has 2 amide bonds. The lowest BCUT2D eigenvalue weighted by atomic mass is 9.98. The maximum Gasteiger partial charge on any atom is 0.308 e. The van der Waals surface area contributed by atoms with Gasteiger partial charge in [-0.05, 0) is 31.6 Å². The Bertz CT molecular complexity index is 433. The quantitative estimate of drug-likeness (QED) is 0.814. The fourth-order valence-electron chi connectivity index (χ4n) is 2.93. The van der Waals surface area contributed by atoms with E-state index in [1.54, 1.807) is 11.9 Å². The molecule has 2 rings (SSSR count). The summed E-state index contributed by atoms with van der Waals surface area (Å²) < 4.78 is 0. The van der Waals surface area contributed by atoms with Crippen LogP contribution in [0.4, 0.5) is 0 Å². The summed E-state index contributed by atoms with van der Waals surface area (Å²) in [6, 6.07) is 0. The number of nitrogens with zero attached hydrogens (tertiary/aromatic N) is 2. The van der Waals surface area contributed by atoms with Gasteiger partial charge in [-0.3, -0.25) is 14.4 Å². The van der Waals surface area contributed by atoms with Gasteiger partial charge in [-0.25, -0.2) is 0 Å². The number of hydrogen-bond acceptors (Lipinski definition) is 3. The van der Waals surface area contributed by atoms with Crippen molar-refractivity contribution in [3.8, 4) is 0 Å². The third kappa shape index (κ3) is 3.95. The van der Waals surface area contributed by atoms with Crippen molar-refractivity contribution in [2.45, 2.75) is 32.6 Å². The first-order valence-electron chi connectivity index (χ1n) is 7.65. The van der Waals surface area contributed by atoms with Gasteiger partial charge in [-0.15, -0.1) is 0 Å². The van der Waals surface area contributed by atoms with Crippen molar-refractivity contribution in [1.29, 1.82) is 0 Å². The molecule has 2 fully saturated rings. The van der Waals surface area contributed by atoms with Gasteiger partial charge in [-0.2, -0.15) is 0 Å². The Hall–Kier alpha value is -1.59. The standard InChI is InChI=1S/C15H24N2O4/c1-10(11-5-6-11)14(19)16(2)9-13(18)17-7-3-4-12(8-17)15(20)21/h10-12H,3-9H2,1-2H3,(H,20,21). The van der Waals surface area contributed by atoms with Crippen LogP contribution in [0.1, 0.15) is 32.6 Å². The first-order valence-corrected chi connectivity index (χ1v) is 7.65. The number of likely N-dealkylation sites (N-methyl/N-ethyl adjacent to an activating group) is 1. The summed E-state index contributed by atoms with van der Waals surface area (Å²) in [4.78, 5) is 38.5. The predicted octanol–water partition coefficient (Wildman–Crippen LogP) is 0.814. The van der Waals surface area contributed by atoms with Crippen LogP contribution in [0.25, 0.3) is 0 Å². The molecule has 2 atom stereocenters. The van der Waals surface area contributed by atoms with E-state index in [0.717, 1.165) is 12.8 Å². The average Bonchev–Trinajstić information content (AvgIpc) is 3.30. The van der Waals surface area contributed by atoms with Crippen LogP contribution in [0.5, 0.6) is 0 Å². The van der Waals surface area contributed by atoms with Crippen LogP contribution in [-0.2, 0) is 14.4 Å². The topological polar surface area (TPSA) is 77.9 Å². The molecule has 1 aliphatic carbocycles. The molecule has 0 aromatic rings. The molecule has 1 saturated carbocycles. The van der Waals surface area contributed by atoms with Gasteiger partial charge < -0.3 is 14.9 Å². The number of carboxylic acids is 1. The van der Waals surface area contributed by atoms with Gasteiger partial charge in [0.15, 0.2) is 0 Å². The summed E-state index contributed by atoms with van der Waals surface area (Å²) in [6.45, 7) is 2.81. The molecule has 118 valence electrons. The van der Waals surface area contributed by atoms with E-state index < -0.39 is 11.9 Å². The van der Waals surface area contributed by atoms with E-state index in [-0.39, 0.29) is 30.8 Å². The van der Waals surface area contributed by atoms with Crippen LogP contribution in [0.3, 0.4) is 0 Å². The summed E-state index contributed by atoms with van der Waals surface area (Å²) >= 11 is 0. The molecule has 0 radical (unpaired) electrons. The molecule has 1 saturated heterocycles. The highest BCUT2D eigenvalue weighted by atomic mass is 16.4. The molecule has 1 aliphatic heterocycles. The number of likely N-dealkylation sites (tertiary alicyclic amines) is 1. The minimum Gasteiger partial charge on any atom is -0.481 e. The van der Waals surface area contributed by atoms with Gasteiger partial charge >= 0.3 is 5.97 Å². The van der Waals surface area contributed by atoms with E-state index in [2.05, 4.69) is 0 Å². The third-order valence-electron chi connectivity index (χ3n) is 4.59. The number of aliphatic carboxylic acids is 1. The van der Waals surface area contributed by atoms with E-state index in [9.17, 15) is 14.4 Å². The van der Waals surface area contributed by atoms with Crippen molar-refractivity contribution in [2.24, 2.45) is 17.8 Å². The number of piperidine rings is 1. The van der Waals surface area contributed by atoms with Crippen molar-refractivity contribution in [2.75, 3.05) is 26.7 Å². The number of hydrogen-bond donors (Lipinski definition) is 1. The zero-order chi connectivity index (χ0) is 15.6. The van der Waals surface area contributed by atoms with E-state index in [1.165, 1.54) is 4.90 Å². The van der Waals surface area contributed by atoms with Crippen molar-refractivity contribution in [3.05, 3.63) is 0 Å². The second kappa shape index (κ2) is 6.45. The molecule has 6 nitrogen and oxygen atoms in total. The van der Waals surface area contributed by atoms with E-state index in [4.69, 9.17) is 5.11 Å². The van der Waals surface area contributed by atoms with Gasteiger partial charge in [0.2, 0.25) is 11.8 Å². The molecule has 21 heavy (non-hydrogen) atoms. The molecule has 0 aromatic heterocycles. The van der Waals surface area contributed by atoms with E-state index >= 15 is 0 Å². The summed E-state index contributed by atoms with van der Waals surface area (Å²) in [7, 11) is 1.65. The van der Waals surface area contributed by atoms with Crippen LogP contribution in [-0.4, -0.2) is 59.4 Å². The summed E-state index contributed by atoms with van der Waals surface area (Å²) in [5.74, 6) is -1.01. The lowest BCUT2D eigenvalue weighted by molar-refractivity contribution is -0.148. The second-order valence-electron chi connectivity index (χ2n) is 6.34. The van der Waals surface area contributed by atoms with Crippen molar-refractivity contribution in [3.63, 3.8) is 0 Å². The monoisotopic (exact) mass is 296 g/mol. The van der Waals surface area contributed by atoms with Crippen molar-refractivity contribution < 1.29 is 19.5 Å². The average molecular weight is 296 g/mol. The molecule has 0 spiro atoms. The fraction of sp³-hybridized carbons (Fsp3) is 0.800. The number of carbonyl (C=O) groups excluding carboxylic acids is 2. The molecule has 0 bridgehead atoms. The smallest absolute Gasteiger partial charge is 0.308 e. The Balaban J connectivity index is 1.85. The van der Waals surface area contributed by atoms with Crippen LogP contribution >= 0.6 is 0 Å². The maximum atomic E-state index is 12.2. The maximum absolute atomic E-state index is 12.2. The third-order valence-corrected chi connectivity index (χ3v) is 4.59. The van der Waals surface area contributed by atoms with Crippen LogP contribution < -0.4 is 0 Å². The zero-order valence-corrected chi connectivity index (χ0v) is 12.7. The number of rotatable bonds is 5. The molecule has 0 aromatic carbocycles. The Kier molecular flexibility index (Phi) is 4.85. The normalized spacial score (nSPS) is 23.5. The summed E-state index contributed by atoms with van der Waals surface area (Å²) in [6.07, 6.45) is 3.52. The van der Waals surface area contributed by atoms with Crippen molar-refractivity contribution in [1.82, 2.24) is 9.80 Å². The molecule has 1 N–H and O–H groups in total. The Labute approximate surface area is 125 Å². The number of carbonyl (C=O) groups is 3. The van der Waals surface area contributed by atoms with Crippen LogP contribution in [0.2, 0.25) is 0 Å². The first-order chi connectivity index (χ1) is 9.90. The van der Waals surface area contributed by atoms with Crippen LogP contribution in [0, 0.1) is 17.8 Å². The van der Waals surface area contributed by atoms with Crippen LogP contribution in [0.15, 0.2) is 0 Å². The molecule has 1 heterocycles. The Morgan fingerprint density at radius 3 is 2.52 bits per heavy atom. The number of amides is 2. The highest BCUT2D eigenvalue weighted by Gasteiger charge is 2.35. The highest BCUT2D eigenvalue weighted by molar-refractivity contribution is 5.86. The lowest BCUT2D eigenvalue weighted by Crippen LogP contribution is -2.47. The molecule has 2 unspecified atom stereocenters. The van der Waals surface area contributed by atoms with Gasteiger partial charge in [0.1, 0.15) is 0 Å². The van der Waals surface area contributed by atoms with Gasteiger partial charge in [0, 0.05) is 26.1 Å². The minimum absolute atomic E-state index is 0.0117. The SMILES string of the molecule is CC(C(=O)N(C)CC(=O)N1CCCC(C(=O)O)C1)C1CC1. The van der Waals surface area contributed by atoms with E-state index in [1.807, 2.05) is 6.92 Å². The second-order valence-corrected chi connectivity index (χ2v) is 6.34. The van der Waals surface area contributed by atoms with Crippen molar-refractivity contribution >= 4 is 17.8 Å². The number of carboxylic acid groups (broad SMARTS) is 1. The van der Waals surface area contributed by atoms with Gasteiger partial charge in [0.05, 0.1) is 12.5 Å². The molecule has 2 aliphatic rings. The highest BCUT2D eigenvalue weighted by Crippen LogP contribution is 2.37. The lowest BCUT2D eigenvalue weighted by Gasteiger charge is -2.32. The minimum atomic E-state index is -0.848. The first kappa shape index (κ1) is 15.8. The predicted molar refractivity (Wildman–Crippen MR) is 76.5 cm³/mol. The Morgan fingerprint density at radius 2 is 1.95 bits per heavy atom. The zero-order valence-electron chi connectivity index (χ0n) is 12.7.